The van der Waals surface area contributed by atoms with E-state index in [2.05, 4.69) is 20.4 Å². The largest absolute Gasteiger partial charge is 0.484 e. The van der Waals surface area contributed by atoms with Crippen molar-refractivity contribution in [3.05, 3.63) is 65.7 Å². The zero-order valence-corrected chi connectivity index (χ0v) is 17.8. The molecular weight excluding hydrogens is 392 g/mol. The van der Waals surface area contributed by atoms with Crippen molar-refractivity contribution in [1.82, 2.24) is 10.2 Å². The van der Waals surface area contributed by atoms with Crippen LogP contribution in [0.3, 0.4) is 0 Å². The minimum Gasteiger partial charge on any atom is -0.484 e. The molecule has 1 amide bonds. The van der Waals surface area contributed by atoms with Gasteiger partial charge in [0, 0.05) is 24.3 Å². The highest BCUT2D eigenvalue weighted by atomic mass is 16.5. The number of hydrogen-bond donors (Lipinski definition) is 1. The molecule has 3 aromatic rings. The van der Waals surface area contributed by atoms with E-state index in [-0.39, 0.29) is 12.5 Å². The molecule has 4 rings (SSSR count). The van der Waals surface area contributed by atoms with Gasteiger partial charge in [0.15, 0.2) is 12.4 Å². The number of nitrogens with zero attached hydrogens (tertiary/aromatic N) is 3. The number of hydrogen-bond acceptors (Lipinski definition) is 6. The van der Waals surface area contributed by atoms with E-state index in [1.54, 1.807) is 0 Å². The lowest BCUT2D eigenvalue weighted by Gasteiger charge is -2.27. The highest BCUT2D eigenvalue weighted by Crippen LogP contribution is 2.22. The number of morpholine rings is 1. The fraction of sp³-hybridized carbons (Fsp3) is 0.292. The third-order valence-electron chi connectivity index (χ3n) is 5.28. The summed E-state index contributed by atoms with van der Waals surface area (Å²) in [6, 6.07) is 17.2. The zero-order chi connectivity index (χ0) is 21.6. The third kappa shape index (κ3) is 5.38. The summed E-state index contributed by atoms with van der Waals surface area (Å²) in [6.45, 7) is 7.06. The Balaban J connectivity index is 1.37. The van der Waals surface area contributed by atoms with Crippen LogP contribution in [0.4, 0.5) is 11.5 Å². The Morgan fingerprint density at radius 1 is 1.03 bits per heavy atom. The summed E-state index contributed by atoms with van der Waals surface area (Å²) in [5.41, 5.74) is 4.64. The van der Waals surface area contributed by atoms with Gasteiger partial charge in [-0.25, -0.2) is 0 Å². The van der Waals surface area contributed by atoms with Crippen molar-refractivity contribution < 1.29 is 14.3 Å². The molecule has 2 aromatic carbocycles. The molecule has 0 atom stereocenters. The van der Waals surface area contributed by atoms with Gasteiger partial charge in [-0.2, -0.15) is 0 Å². The molecule has 1 aromatic heterocycles. The second-order valence-electron chi connectivity index (χ2n) is 7.54. The summed E-state index contributed by atoms with van der Waals surface area (Å²) in [7, 11) is 0. The Kier molecular flexibility index (Phi) is 6.43. The smallest absolute Gasteiger partial charge is 0.262 e. The van der Waals surface area contributed by atoms with Crippen molar-refractivity contribution in [3.63, 3.8) is 0 Å². The first-order chi connectivity index (χ1) is 15.1. The van der Waals surface area contributed by atoms with Crippen LogP contribution in [-0.4, -0.2) is 49.0 Å². The fourth-order valence-corrected chi connectivity index (χ4v) is 3.35. The molecule has 1 fully saturated rings. The molecule has 0 unspecified atom stereocenters. The molecule has 1 aliphatic heterocycles. The third-order valence-corrected chi connectivity index (χ3v) is 5.28. The number of benzene rings is 2. The summed E-state index contributed by atoms with van der Waals surface area (Å²) in [5, 5.41) is 11.6. The topological polar surface area (TPSA) is 76.6 Å². The molecule has 7 heteroatoms. The average Bonchev–Trinajstić information content (AvgIpc) is 2.81. The molecule has 0 aliphatic carbocycles. The van der Waals surface area contributed by atoms with E-state index in [0.717, 1.165) is 35.7 Å². The number of carbonyl (C=O) groups is 1. The Bertz CT molecular complexity index is 1050. The quantitative estimate of drug-likeness (QED) is 0.659. The number of carbonyl (C=O) groups excluding carboxylic acids is 1. The van der Waals surface area contributed by atoms with Gasteiger partial charge >= 0.3 is 0 Å². The van der Waals surface area contributed by atoms with E-state index in [1.165, 1.54) is 5.56 Å². The first-order valence-electron chi connectivity index (χ1n) is 10.4. The van der Waals surface area contributed by atoms with E-state index >= 15 is 0 Å². The Morgan fingerprint density at radius 3 is 2.61 bits per heavy atom. The number of amides is 1. The van der Waals surface area contributed by atoms with Crippen molar-refractivity contribution in [2.45, 2.75) is 13.8 Å². The minimum absolute atomic E-state index is 0.0548. The lowest BCUT2D eigenvalue weighted by Crippen LogP contribution is -2.36. The van der Waals surface area contributed by atoms with Crippen molar-refractivity contribution in [2.24, 2.45) is 0 Å². The van der Waals surface area contributed by atoms with E-state index in [4.69, 9.17) is 9.47 Å². The lowest BCUT2D eigenvalue weighted by molar-refractivity contribution is -0.118. The maximum absolute atomic E-state index is 12.3. The standard InChI is InChI=1S/C24H26N4O3/c1-17-6-7-21(14-18(17)2)31-16-24(29)25-20-5-3-4-19(15-20)22-8-9-23(27-26-22)28-10-12-30-13-11-28/h3-9,14-15H,10-13,16H2,1-2H3,(H,25,29). The zero-order valence-electron chi connectivity index (χ0n) is 17.8. The van der Waals surface area contributed by atoms with Crippen LogP contribution in [0, 0.1) is 13.8 Å². The van der Waals surface area contributed by atoms with Crippen molar-refractivity contribution in [3.8, 4) is 17.0 Å². The van der Waals surface area contributed by atoms with Gasteiger partial charge in [-0.15, -0.1) is 10.2 Å². The molecule has 1 saturated heterocycles. The molecule has 7 nitrogen and oxygen atoms in total. The molecular formula is C24H26N4O3. The lowest BCUT2D eigenvalue weighted by atomic mass is 10.1. The van der Waals surface area contributed by atoms with Crippen LogP contribution in [0.25, 0.3) is 11.3 Å². The summed E-state index contributed by atoms with van der Waals surface area (Å²) in [6.07, 6.45) is 0. The predicted molar refractivity (Wildman–Crippen MR) is 121 cm³/mol. The molecule has 0 spiro atoms. The van der Waals surface area contributed by atoms with Gasteiger partial charge in [-0.05, 0) is 61.4 Å². The summed E-state index contributed by atoms with van der Waals surface area (Å²) in [4.78, 5) is 14.5. The van der Waals surface area contributed by atoms with Gasteiger partial charge in [0.1, 0.15) is 5.75 Å². The molecule has 0 bridgehead atoms. The van der Waals surface area contributed by atoms with Crippen LogP contribution in [0.15, 0.2) is 54.6 Å². The summed E-state index contributed by atoms with van der Waals surface area (Å²) >= 11 is 0. The van der Waals surface area contributed by atoms with Crippen LogP contribution >= 0.6 is 0 Å². The van der Waals surface area contributed by atoms with Gasteiger partial charge < -0.3 is 19.7 Å². The van der Waals surface area contributed by atoms with E-state index in [0.29, 0.717) is 24.7 Å². The molecule has 2 heterocycles. The van der Waals surface area contributed by atoms with Gasteiger partial charge in [0.2, 0.25) is 0 Å². The average molecular weight is 418 g/mol. The van der Waals surface area contributed by atoms with Crippen LogP contribution < -0.4 is 15.0 Å². The van der Waals surface area contributed by atoms with E-state index in [9.17, 15) is 4.79 Å². The number of ether oxygens (including phenoxy) is 2. The normalized spacial score (nSPS) is 13.7. The van der Waals surface area contributed by atoms with Gasteiger partial charge in [-0.3, -0.25) is 4.79 Å². The number of rotatable bonds is 6. The predicted octanol–water partition coefficient (Wildman–Crippen LogP) is 3.61. The molecule has 31 heavy (non-hydrogen) atoms. The monoisotopic (exact) mass is 418 g/mol. The SMILES string of the molecule is Cc1ccc(OCC(=O)Nc2cccc(-c3ccc(N4CCOCC4)nn3)c2)cc1C. The molecule has 0 radical (unpaired) electrons. The fourth-order valence-electron chi connectivity index (χ4n) is 3.35. The Hall–Kier alpha value is -3.45. The van der Waals surface area contributed by atoms with Crippen LogP contribution in [-0.2, 0) is 9.53 Å². The first kappa shape index (κ1) is 20.8. The molecule has 0 saturated carbocycles. The Labute approximate surface area is 182 Å². The second kappa shape index (κ2) is 9.57. The summed E-state index contributed by atoms with van der Waals surface area (Å²) < 4.78 is 11.0. The van der Waals surface area contributed by atoms with Crippen LogP contribution in [0.1, 0.15) is 11.1 Å². The van der Waals surface area contributed by atoms with Crippen molar-refractivity contribution >= 4 is 17.4 Å². The maximum atomic E-state index is 12.3. The number of nitrogens with one attached hydrogen (secondary N) is 1. The van der Waals surface area contributed by atoms with Gasteiger partial charge in [0.25, 0.3) is 5.91 Å². The molecule has 1 N–H and O–H groups in total. The molecule has 160 valence electrons. The minimum atomic E-state index is -0.218. The van der Waals surface area contributed by atoms with Gasteiger partial charge in [-0.1, -0.05) is 18.2 Å². The van der Waals surface area contributed by atoms with Gasteiger partial charge in [0.05, 0.1) is 18.9 Å². The number of anilines is 2. The Morgan fingerprint density at radius 2 is 1.87 bits per heavy atom. The van der Waals surface area contributed by atoms with E-state index in [1.807, 2.05) is 68.4 Å². The van der Waals surface area contributed by atoms with Crippen molar-refractivity contribution in [2.75, 3.05) is 43.1 Å². The first-order valence-corrected chi connectivity index (χ1v) is 10.4. The van der Waals surface area contributed by atoms with Crippen molar-refractivity contribution in [1.29, 1.82) is 0 Å². The van der Waals surface area contributed by atoms with Crippen LogP contribution in [0.2, 0.25) is 0 Å². The number of aryl methyl sites for hydroxylation is 2. The van der Waals surface area contributed by atoms with E-state index < -0.39 is 0 Å². The highest BCUT2D eigenvalue weighted by Gasteiger charge is 2.13. The second-order valence-corrected chi connectivity index (χ2v) is 7.54. The maximum Gasteiger partial charge on any atom is 0.262 e. The molecule has 1 aliphatic rings. The highest BCUT2D eigenvalue weighted by molar-refractivity contribution is 5.92. The summed E-state index contributed by atoms with van der Waals surface area (Å²) in [5.74, 6) is 1.31. The van der Waals surface area contributed by atoms with Crippen LogP contribution in [0.5, 0.6) is 5.75 Å². The number of aromatic nitrogens is 2.